The number of likely N-dealkylation sites (tertiary alicyclic amines) is 1. The second-order valence-electron chi connectivity index (χ2n) is 7.92. The maximum absolute atomic E-state index is 12.5. The van der Waals surface area contributed by atoms with Crippen molar-refractivity contribution in [1.29, 1.82) is 0 Å². The molecule has 0 saturated carbocycles. The number of hydrogen-bond donors (Lipinski definition) is 2. The average Bonchev–Trinajstić information content (AvgIpc) is 3.14. The lowest BCUT2D eigenvalue weighted by molar-refractivity contribution is -0.143. The maximum Gasteiger partial charge on any atom is 0.401 e. The van der Waals surface area contributed by atoms with E-state index in [9.17, 15) is 18.0 Å². The monoisotopic (exact) mass is 425 g/mol. The Hall–Kier alpha value is -2.29. The highest BCUT2D eigenvalue weighted by molar-refractivity contribution is 5.80. The molecule has 1 aromatic carbocycles. The molecule has 1 atom stereocenters. The molecule has 2 heterocycles. The number of guanidine groups is 1. The smallest absolute Gasteiger partial charge is 0.356 e. The normalized spacial score (nSPS) is 20.2. The zero-order valence-electron chi connectivity index (χ0n) is 17.3. The summed E-state index contributed by atoms with van der Waals surface area (Å²) in [5.41, 5.74) is 2.54. The molecule has 0 aromatic heterocycles. The number of carbonyl (C=O) groups excluding carboxylic acids is 1. The lowest BCUT2D eigenvalue weighted by atomic mass is 9.99. The van der Waals surface area contributed by atoms with E-state index in [0.29, 0.717) is 51.4 Å². The Labute approximate surface area is 175 Å². The van der Waals surface area contributed by atoms with E-state index in [1.807, 2.05) is 17.0 Å². The van der Waals surface area contributed by atoms with Gasteiger partial charge in [0.25, 0.3) is 0 Å². The van der Waals surface area contributed by atoms with Crippen LogP contribution in [-0.2, 0) is 17.8 Å². The van der Waals surface area contributed by atoms with Crippen LogP contribution in [0.1, 0.15) is 30.4 Å². The molecule has 2 aliphatic heterocycles. The van der Waals surface area contributed by atoms with Crippen LogP contribution in [0.2, 0.25) is 0 Å². The van der Waals surface area contributed by atoms with Gasteiger partial charge in [-0.05, 0) is 30.4 Å². The summed E-state index contributed by atoms with van der Waals surface area (Å²) in [5.74, 6) is 0.709. The third-order valence-corrected chi connectivity index (χ3v) is 5.58. The largest absolute Gasteiger partial charge is 0.401 e. The minimum Gasteiger partial charge on any atom is -0.356 e. The van der Waals surface area contributed by atoms with Crippen molar-refractivity contribution in [2.75, 3.05) is 39.8 Å². The molecule has 166 valence electrons. The third kappa shape index (κ3) is 6.62. The number of hydrogen-bond acceptors (Lipinski definition) is 3. The van der Waals surface area contributed by atoms with Crippen molar-refractivity contribution < 1.29 is 18.0 Å². The van der Waals surface area contributed by atoms with Crippen molar-refractivity contribution in [3.05, 3.63) is 35.4 Å². The topological polar surface area (TPSA) is 60.0 Å². The molecular formula is C21H30F3N5O. The van der Waals surface area contributed by atoms with E-state index in [2.05, 4.69) is 27.8 Å². The van der Waals surface area contributed by atoms with E-state index < -0.39 is 12.7 Å². The fraction of sp³-hybridized carbons (Fsp3) is 0.619. The number of aliphatic imine (C=N–C) groups is 1. The Morgan fingerprint density at radius 3 is 2.73 bits per heavy atom. The number of alkyl halides is 3. The van der Waals surface area contributed by atoms with Gasteiger partial charge in [-0.2, -0.15) is 13.2 Å². The van der Waals surface area contributed by atoms with Gasteiger partial charge in [0, 0.05) is 52.2 Å². The molecule has 0 aliphatic carbocycles. The molecule has 1 saturated heterocycles. The molecule has 6 nitrogen and oxygen atoms in total. The Balaban J connectivity index is 1.34. The van der Waals surface area contributed by atoms with Gasteiger partial charge in [-0.25, -0.2) is 0 Å². The number of halogens is 3. The van der Waals surface area contributed by atoms with E-state index >= 15 is 0 Å². The first-order valence-electron chi connectivity index (χ1n) is 10.4. The second-order valence-corrected chi connectivity index (χ2v) is 7.92. The molecule has 1 aromatic rings. The van der Waals surface area contributed by atoms with Crippen molar-refractivity contribution >= 4 is 11.9 Å². The summed E-state index contributed by atoms with van der Waals surface area (Å²) < 4.78 is 37.5. The maximum atomic E-state index is 12.5. The first-order chi connectivity index (χ1) is 14.3. The average molecular weight is 425 g/mol. The molecule has 2 aliphatic rings. The Kier molecular flexibility index (Phi) is 7.58. The number of nitrogens with one attached hydrogen (secondary N) is 2. The van der Waals surface area contributed by atoms with Gasteiger partial charge < -0.3 is 15.5 Å². The van der Waals surface area contributed by atoms with Gasteiger partial charge in [-0.3, -0.25) is 14.7 Å². The van der Waals surface area contributed by atoms with Gasteiger partial charge >= 0.3 is 6.18 Å². The minimum absolute atomic E-state index is 0.0615. The Morgan fingerprint density at radius 1 is 1.23 bits per heavy atom. The summed E-state index contributed by atoms with van der Waals surface area (Å²) >= 11 is 0. The van der Waals surface area contributed by atoms with Gasteiger partial charge in [0.15, 0.2) is 5.96 Å². The van der Waals surface area contributed by atoms with Crippen LogP contribution in [0.25, 0.3) is 0 Å². The first kappa shape index (κ1) is 22.4. The third-order valence-electron chi connectivity index (χ3n) is 5.58. The number of benzene rings is 1. The van der Waals surface area contributed by atoms with Crippen LogP contribution in [-0.4, -0.2) is 73.7 Å². The summed E-state index contributed by atoms with van der Waals surface area (Å²) in [7, 11) is 1.63. The van der Waals surface area contributed by atoms with Crippen LogP contribution in [0.15, 0.2) is 29.3 Å². The van der Waals surface area contributed by atoms with E-state index in [-0.39, 0.29) is 11.9 Å². The SMILES string of the molecule is CN=C(NCCCC(=O)N1CCc2ccccc2C1)NC1CCN(CC(F)(F)F)C1. The zero-order valence-corrected chi connectivity index (χ0v) is 17.3. The highest BCUT2D eigenvalue weighted by Crippen LogP contribution is 2.20. The molecule has 1 fully saturated rings. The summed E-state index contributed by atoms with van der Waals surface area (Å²) in [6.07, 6.45) is -1.51. The van der Waals surface area contributed by atoms with Crippen LogP contribution >= 0.6 is 0 Å². The fourth-order valence-electron chi connectivity index (χ4n) is 4.05. The second kappa shape index (κ2) is 10.1. The highest BCUT2D eigenvalue weighted by atomic mass is 19.4. The number of rotatable bonds is 6. The van der Waals surface area contributed by atoms with E-state index in [0.717, 1.165) is 13.0 Å². The molecule has 2 N–H and O–H groups in total. The summed E-state index contributed by atoms with van der Waals surface area (Å²) in [5, 5.41) is 6.34. The predicted molar refractivity (Wildman–Crippen MR) is 110 cm³/mol. The summed E-state index contributed by atoms with van der Waals surface area (Å²) in [4.78, 5) is 20.0. The van der Waals surface area contributed by atoms with Crippen LogP contribution in [0.5, 0.6) is 0 Å². The zero-order chi connectivity index (χ0) is 21.6. The fourth-order valence-corrected chi connectivity index (χ4v) is 4.05. The van der Waals surface area contributed by atoms with Gasteiger partial charge in [0.05, 0.1) is 6.54 Å². The van der Waals surface area contributed by atoms with E-state index in [4.69, 9.17) is 0 Å². The lowest BCUT2D eigenvalue weighted by Gasteiger charge is -2.29. The Morgan fingerprint density at radius 2 is 2.00 bits per heavy atom. The van der Waals surface area contributed by atoms with Gasteiger partial charge in [0.1, 0.15) is 0 Å². The van der Waals surface area contributed by atoms with Crippen molar-refractivity contribution in [2.45, 2.75) is 44.4 Å². The number of amides is 1. The van der Waals surface area contributed by atoms with Crippen molar-refractivity contribution in [2.24, 2.45) is 4.99 Å². The van der Waals surface area contributed by atoms with Crippen molar-refractivity contribution in [1.82, 2.24) is 20.4 Å². The number of carbonyl (C=O) groups is 1. The first-order valence-corrected chi connectivity index (χ1v) is 10.4. The Bertz CT molecular complexity index is 752. The molecule has 0 bridgehead atoms. The van der Waals surface area contributed by atoms with Crippen molar-refractivity contribution in [3.63, 3.8) is 0 Å². The number of fused-ring (bicyclic) bond motifs is 1. The summed E-state index contributed by atoms with van der Waals surface area (Å²) in [6.45, 7) is 1.89. The molecule has 1 unspecified atom stereocenters. The van der Waals surface area contributed by atoms with E-state index in [1.165, 1.54) is 16.0 Å². The molecule has 0 radical (unpaired) electrons. The van der Waals surface area contributed by atoms with Crippen LogP contribution in [0, 0.1) is 0 Å². The van der Waals surface area contributed by atoms with Crippen LogP contribution in [0.3, 0.4) is 0 Å². The summed E-state index contributed by atoms with van der Waals surface area (Å²) in [6, 6.07) is 8.16. The van der Waals surface area contributed by atoms with E-state index in [1.54, 1.807) is 7.05 Å². The van der Waals surface area contributed by atoms with Crippen molar-refractivity contribution in [3.8, 4) is 0 Å². The predicted octanol–water partition coefficient (Wildman–Crippen LogP) is 2.15. The quantitative estimate of drug-likeness (QED) is 0.417. The van der Waals surface area contributed by atoms with Crippen LogP contribution < -0.4 is 10.6 Å². The molecular weight excluding hydrogens is 395 g/mol. The number of nitrogens with zero attached hydrogens (tertiary/aromatic N) is 3. The minimum atomic E-state index is -4.17. The molecule has 3 rings (SSSR count). The highest BCUT2D eigenvalue weighted by Gasteiger charge is 2.34. The van der Waals surface area contributed by atoms with Gasteiger partial charge in [-0.15, -0.1) is 0 Å². The standard InChI is InChI=1S/C21H30F3N5O/c1-25-20(27-18-9-11-28(14-18)15-21(22,23)24)26-10-4-7-19(30)29-12-8-16-5-2-3-6-17(16)13-29/h2-3,5-6,18H,4,7-15H2,1H3,(H2,25,26,27). The molecule has 30 heavy (non-hydrogen) atoms. The lowest BCUT2D eigenvalue weighted by Crippen LogP contribution is -2.45. The molecule has 0 spiro atoms. The molecule has 9 heteroatoms. The van der Waals surface area contributed by atoms with Gasteiger partial charge in [0.2, 0.25) is 5.91 Å². The van der Waals surface area contributed by atoms with Crippen LogP contribution in [0.4, 0.5) is 13.2 Å². The van der Waals surface area contributed by atoms with Gasteiger partial charge in [-0.1, -0.05) is 24.3 Å². The molecule has 1 amide bonds.